The van der Waals surface area contributed by atoms with Crippen LogP contribution in [-0.4, -0.2) is 28.9 Å². The van der Waals surface area contributed by atoms with Crippen molar-refractivity contribution in [2.45, 2.75) is 12.8 Å². The van der Waals surface area contributed by atoms with Gasteiger partial charge >= 0.3 is 0 Å². The number of fused-ring (bicyclic) bond motifs is 1. The summed E-state index contributed by atoms with van der Waals surface area (Å²) in [7, 11) is 0. The molecule has 3 nitrogen and oxygen atoms in total. The quantitative estimate of drug-likeness (QED) is 0.814. The van der Waals surface area contributed by atoms with Gasteiger partial charge in [-0.1, -0.05) is 18.2 Å². The fourth-order valence-corrected chi connectivity index (χ4v) is 2.07. The summed E-state index contributed by atoms with van der Waals surface area (Å²) in [6.45, 7) is 1.86. The Morgan fingerprint density at radius 2 is 2.12 bits per heavy atom. The smallest absolute Gasteiger partial charge is 0.228 e. The first-order chi connectivity index (χ1) is 7.83. The maximum Gasteiger partial charge on any atom is 0.228 e. The molecule has 0 spiro atoms. The molecule has 0 radical (unpaired) electrons. The van der Waals surface area contributed by atoms with E-state index in [0.29, 0.717) is 6.42 Å². The average Bonchev–Trinajstić information content (AvgIpc) is 2.56. The summed E-state index contributed by atoms with van der Waals surface area (Å²) in [5.41, 5.74) is 2.12. The summed E-state index contributed by atoms with van der Waals surface area (Å²) in [4.78, 5) is 17.0. The minimum atomic E-state index is 0.234. The van der Waals surface area contributed by atoms with Crippen LogP contribution in [0.4, 0.5) is 0 Å². The lowest BCUT2D eigenvalue weighted by molar-refractivity contribution is -0.133. The van der Waals surface area contributed by atoms with Gasteiger partial charge in [0.05, 0.1) is 6.42 Å². The highest BCUT2D eigenvalue weighted by Gasteiger charge is 2.20. The van der Waals surface area contributed by atoms with Gasteiger partial charge in [0.25, 0.3) is 0 Å². The van der Waals surface area contributed by atoms with Crippen molar-refractivity contribution in [1.29, 1.82) is 0 Å². The van der Waals surface area contributed by atoms with Crippen LogP contribution < -0.4 is 0 Å². The van der Waals surface area contributed by atoms with Gasteiger partial charge in [-0.3, -0.25) is 4.79 Å². The van der Waals surface area contributed by atoms with Crippen LogP contribution in [0.5, 0.6) is 0 Å². The molecule has 3 rings (SSSR count). The predicted octanol–water partition coefficient (Wildman–Crippen LogP) is 1.94. The number of hydrogen-bond donors (Lipinski definition) is 1. The van der Waals surface area contributed by atoms with E-state index in [1.807, 2.05) is 23.1 Å². The highest BCUT2D eigenvalue weighted by Crippen LogP contribution is 2.16. The molecule has 2 aromatic rings. The van der Waals surface area contributed by atoms with Gasteiger partial charge in [0, 0.05) is 24.3 Å². The number of amides is 1. The lowest BCUT2D eigenvalue weighted by Crippen LogP contribution is -2.42. The fourth-order valence-electron chi connectivity index (χ4n) is 2.07. The number of likely N-dealkylation sites (tertiary alicyclic amines) is 1. The Kier molecular flexibility index (Phi) is 2.17. The normalized spacial score (nSPS) is 15.1. The van der Waals surface area contributed by atoms with Crippen LogP contribution in [0.3, 0.4) is 0 Å². The van der Waals surface area contributed by atoms with Gasteiger partial charge in [0.1, 0.15) is 0 Å². The molecule has 0 bridgehead atoms. The Labute approximate surface area is 94.1 Å². The minimum absolute atomic E-state index is 0.234. The predicted molar refractivity (Wildman–Crippen MR) is 63.2 cm³/mol. The van der Waals surface area contributed by atoms with Crippen LogP contribution >= 0.6 is 0 Å². The summed E-state index contributed by atoms with van der Waals surface area (Å²) in [6.07, 6.45) is 1.65. The molecule has 1 aliphatic heterocycles. The second kappa shape index (κ2) is 3.67. The SMILES string of the molecule is O=C(Cc1cc2ccccc2[nH]1)N1CCC1. The molecule has 1 N–H and O–H groups in total. The molecule has 1 amide bonds. The maximum absolute atomic E-state index is 11.8. The van der Waals surface area contributed by atoms with Crippen molar-refractivity contribution in [2.75, 3.05) is 13.1 Å². The van der Waals surface area contributed by atoms with Crippen LogP contribution in [-0.2, 0) is 11.2 Å². The van der Waals surface area contributed by atoms with Gasteiger partial charge in [-0.2, -0.15) is 0 Å². The van der Waals surface area contributed by atoms with Crippen LogP contribution in [0.15, 0.2) is 30.3 Å². The zero-order valence-corrected chi connectivity index (χ0v) is 9.07. The first-order valence-corrected chi connectivity index (χ1v) is 5.67. The minimum Gasteiger partial charge on any atom is -0.358 e. The van der Waals surface area contributed by atoms with E-state index in [4.69, 9.17) is 0 Å². The molecular weight excluding hydrogens is 200 g/mol. The molecule has 1 fully saturated rings. The fraction of sp³-hybridized carbons (Fsp3) is 0.308. The first kappa shape index (κ1) is 9.46. The van der Waals surface area contributed by atoms with Crippen molar-refractivity contribution in [3.8, 4) is 0 Å². The zero-order valence-electron chi connectivity index (χ0n) is 9.07. The second-order valence-corrected chi connectivity index (χ2v) is 4.29. The van der Waals surface area contributed by atoms with Crippen LogP contribution in [0.25, 0.3) is 10.9 Å². The number of hydrogen-bond acceptors (Lipinski definition) is 1. The lowest BCUT2D eigenvalue weighted by atomic mass is 10.2. The van der Waals surface area contributed by atoms with E-state index in [-0.39, 0.29) is 5.91 Å². The molecule has 1 aromatic heterocycles. The monoisotopic (exact) mass is 214 g/mol. The van der Waals surface area contributed by atoms with Crippen molar-refractivity contribution < 1.29 is 4.79 Å². The van der Waals surface area contributed by atoms with Gasteiger partial charge in [-0.15, -0.1) is 0 Å². The third kappa shape index (κ3) is 1.58. The van der Waals surface area contributed by atoms with Crippen molar-refractivity contribution in [1.82, 2.24) is 9.88 Å². The Balaban J connectivity index is 1.80. The van der Waals surface area contributed by atoms with Gasteiger partial charge in [0.15, 0.2) is 0 Å². The third-order valence-corrected chi connectivity index (χ3v) is 3.14. The first-order valence-electron chi connectivity index (χ1n) is 5.67. The summed E-state index contributed by atoms with van der Waals surface area (Å²) < 4.78 is 0. The number of benzene rings is 1. The van der Waals surface area contributed by atoms with Crippen LogP contribution in [0.2, 0.25) is 0 Å². The molecule has 0 saturated carbocycles. The number of nitrogens with zero attached hydrogens (tertiary/aromatic N) is 1. The van der Waals surface area contributed by atoms with Gasteiger partial charge in [-0.05, 0) is 23.9 Å². The Morgan fingerprint density at radius 3 is 2.81 bits per heavy atom. The van der Waals surface area contributed by atoms with E-state index in [0.717, 1.165) is 30.7 Å². The van der Waals surface area contributed by atoms with Gasteiger partial charge in [0.2, 0.25) is 5.91 Å². The van der Waals surface area contributed by atoms with E-state index in [9.17, 15) is 4.79 Å². The number of aromatic nitrogens is 1. The number of rotatable bonds is 2. The van der Waals surface area contributed by atoms with Crippen molar-refractivity contribution in [2.24, 2.45) is 0 Å². The molecule has 0 unspecified atom stereocenters. The lowest BCUT2D eigenvalue weighted by Gasteiger charge is -2.30. The molecule has 1 aliphatic rings. The van der Waals surface area contributed by atoms with E-state index < -0.39 is 0 Å². The van der Waals surface area contributed by atoms with Crippen LogP contribution in [0, 0.1) is 0 Å². The molecule has 1 aromatic carbocycles. The van der Waals surface area contributed by atoms with Crippen molar-refractivity contribution in [3.63, 3.8) is 0 Å². The Morgan fingerprint density at radius 1 is 1.31 bits per heavy atom. The molecule has 1 saturated heterocycles. The number of aromatic amines is 1. The van der Waals surface area contributed by atoms with Crippen molar-refractivity contribution in [3.05, 3.63) is 36.0 Å². The molecule has 2 heterocycles. The molecule has 0 aliphatic carbocycles. The van der Waals surface area contributed by atoms with Crippen LogP contribution in [0.1, 0.15) is 12.1 Å². The highest BCUT2D eigenvalue weighted by atomic mass is 16.2. The van der Waals surface area contributed by atoms with E-state index in [1.165, 1.54) is 5.39 Å². The number of carbonyl (C=O) groups excluding carboxylic acids is 1. The third-order valence-electron chi connectivity index (χ3n) is 3.14. The molecular formula is C13H14N2O. The van der Waals surface area contributed by atoms with Gasteiger partial charge < -0.3 is 9.88 Å². The largest absolute Gasteiger partial charge is 0.358 e. The average molecular weight is 214 g/mol. The number of nitrogens with one attached hydrogen (secondary N) is 1. The molecule has 82 valence electrons. The summed E-state index contributed by atoms with van der Waals surface area (Å²) in [5, 5.41) is 1.17. The summed E-state index contributed by atoms with van der Waals surface area (Å²) in [6, 6.07) is 10.2. The number of carbonyl (C=O) groups is 1. The number of para-hydroxylation sites is 1. The Hall–Kier alpha value is -1.77. The summed E-state index contributed by atoms with van der Waals surface area (Å²) >= 11 is 0. The van der Waals surface area contributed by atoms with Gasteiger partial charge in [-0.25, -0.2) is 0 Å². The Bertz CT molecular complexity index is 492. The molecule has 3 heteroatoms. The van der Waals surface area contributed by atoms with E-state index in [1.54, 1.807) is 0 Å². The molecule has 16 heavy (non-hydrogen) atoms. The molecule has 0 atom stereocenters. The topological polar surface area (TPSA) is 36.1 Å². The van der Waals surface area contributed by atoms with E-state index >= 15 is 0 Å². The standard InChI is InChI=1S/C13H14N2O/c16-13(15-6-3-7-15)9-11-8-10-4-1-2-5-12(10)14-11/h1-2,4-5,8,14H,3,6-7,9H2. The number of H-pyrrole nitrogens is 1. The van der Waals surface area contributed by atoms with E-state index in [2.05, 4.69) is 17.1 Å². The summed E-state index contributed by atoms with van der Waals surface area (Å²) in [5.74, 6) is 0.234. The highest BCUT2D eigenvalue weighted by molar-refractivity contribution is 5.84. The zero-order chi connectivity index (χ0) is 11.0. The second-order valence-electron chi connectivity index (χ2n) is 4.29. The maximum atomic E-state index is 11.8. The van der Waals surface area contributed by atoms with Crippen molar-refractivity contribution >= 4 is 16.8 Å².